The molecule has 1 rings (SSSR count). The quantitative estimate of drug-likeness (QED) is 0.663. The third-order valence-electron chi connectivity index (χ3n) is 1.96. The molecule has 4 N–H and O–H groups in total. The van der Waals surface area contributed by atoms with Crippen LogP contribution < -0.4 is 0 Å². The van der Waals surface area contributed by atoms with Crippen molar-refractivity contribution in [2.24, 2.45) is 0 Å². The van der Waals surface area contributed by atoms with Gasteiger partial charge in [-0.2, -0.15) is 0 Å². The molecule has 0 saturated heterocycles. The molecule has 0 radical (unpaired) electrons. The molecular weight excluding hydrogens is 196 g/mol. The molecule has 14 heavy (non-hydrogen) atoms. The first kappa shape index (κ1) is 15.9. The third-order valence-corrected chi connectivity index (χ3v) is 2.70. The van der Waals surface area contributed by atoms with Crippen LogP contribution >= 0.6 is 11.8 Å². The van der Waals surface area contributed by atoms with E-state index >= 15 is 0 Å². The van der Waals surface area contributed by atoms with Crippen molar-refractivity contribution in [1.82, 2.24) is 0 Å². The van der Waals surface area contributed by atoms with Gasteiger partial charge in [-0.05, 0) is 29.4 Å². The van der Waals surface area contributed by atoms with Gasteiger partial charge in [0.1, 0.15) is 0 Å². The van der Waals surface area contributed by atoms with E-state index in [9.17, 15) is 0 Å². The zero-order valence-electron chi connectivity index (χ0n) is 9.22. The van der Waals surface area contributed by atoms with E-state index in [0.717, 1.165) is 0 Å². The van der Waals surface area contributed by atoms with E-state index < -0.39 is 0 Å². The van der Waals surface area contributed by atoms with Gasteiger partial charge in [-0.3, -0.25) is 0 Å². The van der Waals surface area contributed by atoms with Gasteiger partial charge in [-0.1, -0.05) is 32.9 Å². The molecule has 3 heteroatoms. The van der Waals surface area contributed by atoms with Gasteiger partial charge in [0.2, 0.25) is 0 Å². The van der Waals surface area contributed by atoms with E-state index in [1.165, 1.54) is 10.5 Å². The van der Waals surface area contributed by atoms with Crippen LogP contribution in [0.5, 0.6) is 0 Å². The lowest BCUT2D eigenvalue weighted by Crippen LogP contribution is -2.10. The summed E-state index contributed by atoms with van der Waals surface area (Å²) in [6.07, 6.45) is 2.10. The molecule has 0 heterocycles. The summed E-state index contributed by atoms with van der Waals surface area (Å²) in [6, 6.07) is 8.80. The van der Waals surface area contributed by atoms with Crippen LogP contribution in [0.1, 0.15) is 26.3 Å². The first-order valence-corrected chi connectivity index (χ1v) is 5.41. The van der Waals surface area contributed by atoms with Crippen LogP contribution in [0, 0.1) is 0 Å². The Morgan fingerprint density at radius 2 is 1.36 bits per heavy atom. The predicted octanol–water partition coefficient (Wildman–Crippen LogP) is 2.06. The highest BCUT2D eigenvalue weighted by Gasteiger charge is 2.12. The Hall–Kier alpha value is -0.510. The summed E-state index contributed by atoms with van der Waals surface area (Å²) < 4.78 is 0. The summed E-state index contributed by atoms with van der Waals surface area (Å²) in [5.74, 6) is 0. The van der Waals surface area contributed by atoms with Crippen molar-refractivity contribution < 1.29 is 11.0 Å². The van der Waals surface area contributed by atoms with E-state index in [0.29, 0.717) is 0 Å². The standard InChI is InChI=1S/C11H16S.2H2O/c1-11(2,3)9-5-7-10(12-4)8-6-9;;/h5-8H,1-4H3;2*1H2. The van der Waals surface area contributed by atoms with Gasteiger partial charge in [0.15, 0.2) is 0 Å². The van der Waals surface area contributed by atoms with Gasteiger partial charge in [0, 0.05) is 4.90 Å². The highest BCUT2D eigenvalue weighted by molar-refractivity contribution is 7.98. The Morgan fingerprint density at radius 3 is 1.64 bits per heavy atom. The van der Waals surface area contributed by atoms with E-state index in [1.54, 1.807) is 11.8 Å². The first-order chi connectivity index (χ1) is 5.54. The zero-order chi connectivity index (χ0) is 9.19. The molecule has 1 aromatic carbocycles. The molecule has 2 nitrogen and oxygen atoms in total. The number of hydrogen-bond acceptors (Lipinski definition) is 1. The molecule has 0 fully saturated rings. The van der Waals surface area contributed by atoms with Gasteiger partial charge >= 0.3 is 0 Å². The normalized spacial score (nSPS) is 10.0. The molecule has 0 aliphatic carbocycles. The first-order valence-electron chi connectivity index (χ1n) is 4.18. The van der Waals surface area contributed by atoms with Crippen molar-refractivity contribution in [2.75, 3.05) is 6.26 Å². The Balaban J connectivity index is 0. The molecule has 0 amide bonds. The van der Waals surface area contributed by atoms with Crippen molar-refractivity contribution in [3.63, 3.8) is 0 Å². The van der Waals surface area contributed by atoms with Crippen molar-refractivity contribution in [3.8, 4) is 0 Å². The highest BCUT2D eigenvalue weighted by Crippen LogP contribution is 2.24. The largest absolute Gasteiger partial charge is 0.412 e. The number of benzene rings is 1. The van der Waals surface area contributed by atoms with Crippen LogP contribution in [0.15, 0.2) is 29.2 Å². The summed E-state index contributed by atoms with van der Waals surface area (Å²) in [6.45, 7) is 6.71. The average molecular weight is 216 g/mol. The minimum atomic E-state index is 0. The van der Waals surface area contributed by atoms with Crippen LogP contribution in [0.3, 0.4) is 0 Å². The van der Waals surface area contributed by atoms with E-state index in [-0.39, 0.29) is 16.4 Å². The molecule has 0 aromatic heterocycles. The van der Waals surface area contributed by atoms with E-state index in [2.05, 4.69) is 51.3 Å². The second-order valence-electron chi connectivity index (χ2n) is 3.98. The summed E-state index contributed by atoms with van der Waals surface area (Å²) in [5, 5.41) is 0. The minimum absolute atomic E-state index is 0. The molecule has 0 bridgehead atoms. The van der Waals surface area contributed by atoms with E-state index in [4.69, 9.17) is 0 Å². The van der Waals surface area contributed by atoms with Gasteiger partial charge in [-0.25, -0.2) is 0 Å². The number of hydrogen-bond donors (Lipinski definition) is 0. The molecule has 0 aliphatic rings. The Morgan fingerprint density at radius 1 is 0.929 bits per heavy atom. The van der Waals surface area contributed by atoms with Gasteiger partial charge < -0.3 is 11.0 Å². The fourth-order valence-corrected chi connectivity index (χ4v) is 1.50. The van der Waals surface area contributed by atoms with Crippen molar-refractivity contribution in [2.45, 2.75) is 31.1 Å². The van der Waals surface area contributed by atoms with Gasteiger partial charge in [0.25, 0.3) is 0 Å². The van der Waals surface area contributed by atoms with Crippen molar-refractivity contribution in [1.29, 1.82) is 0 Å². The maximum atomic E-state index is 2.24. The van der Waals surface area contributed by atoms with Crippen LogP contribution in [0.25, 0.3) is 0 Å². The van der Waals surface area contributed by atoms with E-state index in [1.807, 2.05) is 0 Å². The molecule has 82 valence electrons. The highest BCUT2D eigenvalue weighted by atomic mass is 32.2. The Labute approximate surface area is 90.3 Å². The molecule has 0 unspecified atom stereocenters. The van der Waals surface area contributed by atoms with Crippen molar-refractivity contribution >= 4 is 11.8 Å². The fraction of sp³-hybridized carbons (Fsp3) is 0.455. The third kappa shape index (κ3) is 4.13. The zero-order valence-corrected chi connectivity index (χ0v) is 10.0. The monoisotopic (exact) mass is 216 g/mol. The summed E-state index contributed by atoms with van der Waals surface area (Å²) >= 11 is 1.79. The molecule has 1 aromatic rings. The summed E-state index contributed by atoms with van der Waals surface area (Å²) in [5.41, 5.74) is 1.68. The number of thioether (sulfide) groups is 1. The summed E-state index contributed by atoms with van der Waals surface area (Å²) in [4.78, 5) is 1.34. The van der Waals surface area contributed by atoms with Crippen LogP contribution in [-0.4, -0.2) is 17.2 Å². The van der Waals surface area contributed by atoms with Crippen LogP contribution in [0.2, 0.25) is 0 Å². The maximum absolute atomic E-state index is 2.24. The van der Waals surface area contributed by atoms with Gasteiger partial charge in [-0.15, -0.1) is 11.8 Å². The molecular formula is C11H20O2S. The second kappa shape index (κ2) is 6.06. The number of rotatable bonds is 1. The molecule has 0 atom stereocenters. The lowest BCUT2D eigenvalue weighted by atomic mass is 9.87. The topological polar surface area (TPSA) is 63.0 Å². The van der Waals surface area contributed by atoms with Crippen LogP contribution in [-0.2, 0) is 5.41 Å². The predicted molar refractivity (Wildman–Crippen MR) is 64.2 cm³/mol. The average Bonchev–Trinajstić information content (AvgIpc) is 2.03. The molecule has 0 aliphatic heterocycles. The maximum Gasteiger partial charge on any atom is 0.00693 e. The lowest BCUT2D eigenvalue weighted by molar-refractivity contribution is 0.590. The second-order valence-corrected chi connectivity index (χ2v) is 4.86. The smallest absolute Gasteiger partial charge is 0.00693 e. The fourth-order valence-electron chi connectivity index (χ4n) is 1.09. The molecule has 0 saturated carbocycles. The molecule has 0 spiro atoms. The minimum Gasteiger partial charge on any atom is -0.412 e. The Kier molecular flexibility index (Phi) is 6.90. The Bertz CT molecular complexity index is 249. The summed E-state index contributed by atoms with van der Waals surface area (Å²) in [7, 11) is 0. The lowest BCUT2D eigenvalue weighted by Gasteiger charge is -2.18. The van der Waals surface area contributed by atoms with Crippen molar-refractivity contribution in [3.05, 3.63) is 29.8 Å². The van der Waals surface area contributed by atoms with Gasteiger partial charge in [0.05, 0.1) is 0 Å². The SMILES string of the molecule is CSc1ccc(C(C)(C)C)cc1.O.O. The van der Waals surface area contributed by atoms with Crippen LogP contribution in [0.4, 0.5) is 0 Å².